The number of nitro groups is 1. The van der Waals surface area contributed by atoms with Crippen molar-refractivity contribution in [3.8, 4) is 5.75 Å². The number of hydrogen-bond donors (Lipinski definition) is 2. The number of carbonyl (C=O) groups is 1. The molecule has 0 saturated carbocycles. The van der Waals surface area contributed by atoms with E-state index in [1.807, 2.05) is 26.0 Å². The number of amides is 1. The molecule has 34 heavy (non-hydrogen) atoms. The summed E-state index contributed by atoms with van der Waals surface area (Å²) >= 11 is 1.49. The molecule has 0 bridgehead atoms. The third-order valence-electron chi connectivity index (χ3n) is 5.90. The van der Waals surface area contributed by atoms with Crippen LogP contribution in [-0.2, 0) is 12.8 Å². The molecule has 176 valence electrons. The van der Waals surface area contributed by atoms with Gasteiger partial charge in [-0.3, -0.25) is 14.9 Å². The topological polar surface area (TPSA) is 105 Å². The van der Waals surface area contributed by atoms with Crippen molar-refractivity contribution >= 4 is 39.8 Å². The van der Waals surface area contributed by atoms with Crippen LogP contribution in [0, 0.1) is 24.0 Å². The van der Waals surface area contributed by atoms with Gasteiger partial charge in [0.15, 0.2) is 0 Å². The summed E-state index contributed by atoms with van der Waals surface area (Å²) in [6.07, 6.45) is 7.51. The number of nitrogens with one attached hydrogen (secondary N) is 1. The Balaban J connectivity index is 1.74. The summed E-state index contributed by atoms with van der Waals surface area (Å²) in [6, 6.07) is 9.72. The SMILES string of the molecule is Cc1cc(C)cc(NC(=O)c2c(N=Cc3cc([N+](=O)[O-])ccc3O)sc3c2CCCCCC3)c1. The quantitative estimate of drug-likeness (QED) is 0.244. The van der Waals surface area contributed by atoms with E-state index in [9.17, 15) is 20.0 Å². The minimum absolute atomic E-state index is 0.106. The fraction of sp³-hybridized carbons (Fsp3) is 0.308. The minimum Gasteiger partial charge on any atom is -0.507 e. The van der Waals surface area contributed by atoms with Crippen LogP contribution in [0.1, 0.15) is 63.2 Å². The van der Waals surface area contributed by atoms with Gasteiger partial charge in [-0.1, -0.05) is 18.9 Å². The largest absolute Gasteiger partial charge is 0.507 e. The molecule has 1 aromatic heterocycles. The van der Waals surface area contributed by atoms with E-state index in [2.05, 4.69) is 16.4 Å². The predicted molar refractivity (Wildman–Crippen MR) is 136 cm³/mol. The third-order valence-corrected chi connectivity index (χ3v) is 7.10. The van der Waals surface area contributed by atoms with Gasteiger partial charge in [0.05, 0.1) is 10.5 Å². The minimum atomic E-state index is -0.518. The van der Waals surface area contributed by atoms with Gasteiger partial charge in [-0.25, -0.2) is 4.99 Å². The van der Waals surface area contributed by atoms with Crippen molar-refractivity contribution in [3.05, 3.63) is 79.2 Å². The zero-order valence-corrected chi connectivity index (χ0v) is 20.1. The highest BCUT2D eigenvalue weighted by Gasteiger charge is 2.24. The lowest BCUT2D eigenvalue weighted by Crippen LogP contribution is -2.14. The summed E-state index contributed by atoms with van der Waals surface area (Å²) in [5, 5.41) is 24.9. The van der Waals surface area contributed by atoms with Crippen molar-refractivity contribution in [2.45, 2.75) is 52.4 Å². The van der Waals surface area contributed by atoms with Crippen LogP contribution in [0.15, 0.2) is 41.4 Å². The second-order valence-corrected chi connectivity index (χ2v) is 9.77. The summed E-state index contributed by atoms with van der Waals surface area (Å²) in [6.45, 7) is 3.98. The molecule has 0 fully saturated rings. The average molecular weight is 478 g/mol. The number of benzene rings is 2. The standard InChI is InChI=1S/C26H27N3O4S/c1-16-11-17(2)13-19(12-16)28-25(31)24-21-7-5-3-4-6-8-23(21)34-26(24)27-15-18-14-20(29(32)33)9-10-22(18)30/h9-15,30H,3-8H2,1-2H3,(H,28,31). The number of phenolic OH excluding ortho intramolecular Hbond substituents is 1. The lowest BCUT2D eigenvalue weighted by molar-refractivity contribution is -0.384. The molecule has 4 rings (SSSR count). The Kier molecular flexibility index (Phi) is 7.07. The van der Waals surface area contributed by atoms with Gasteiger partial charge in [-0.05, 0) is 74.4 Å². The van der Waals surface area contributed by atoms with Crippen molar-refractivity contribution < 1.29 is 14.8 Å². The third kappa shape index (κ3) is 5.34. The molecule has 3 aromatic rings. The van der Waals surface area contributed by atoms with Crippen molar-refractivity contribution in [1.82, 2.24) is 0 Å². The summed E-state index contributed by atoms with van der Waals surface area (Å²) in [4.78, 5) is 29.8. The molecule has 1 aliphatic carbocycles. The first-order valence-electron chi connectivity index (χ1n) is 11.4. The van der Waals surface area contributed by atoms with Crippen molar-refractivity contribution in [1.29, 1.82) is 0 Å². The van der Waals surface area contributed by atoms with Crippen LogP contribution >= 0.6 is 11.3 Å². The van der Waals surface area contributed by atoms with Gasteiger partial charge in [0.1, 0.15) is 10.8 Å². The molecule has 2 aromatic carbocycles. The zero-order valence-electron chi connectivity index (χ0n) is 19.3. The van der Waals surface area contributed by atoms with E-state index in [1.165, 1.54) is 47.0 Å². The lowest BCUT2D eigenvalue weighted by Gasteiger charge is -2.12. The van der Waals surface area contributed by atoms with Crippen LogP contribution in [0.4, 0.5) is 16.4 Å². The van der Waals surface area contributed by atoms with Gasteiger partial charge >= 0.3 is 0 Å². The number of non-ortho nitro benzene ring substituents is 1. The summed E-state index contributed by atoms with van der Waals surface area (Å²) in [5.41, 5.74) is 4.57. The normalized spacial score (nSPS) is 13.8. The van der Waals surface area contributed by atoms with Crippen LogP contribution in [0.3, 0.4) is 0 Å². The molecule has 2 N–H and O–H groups in total. The molecule has 0 aliphatic heterocycles. The fourth-order valence-corrected chi connectivity index (χ4v) is 5.59. The first-order valence-corrected chi connectivity index (χ1v) is 12.2. The van der Waals surface area contributed by atoms with Gasteiger partial charge in [0, 0.05) is 34.5 Å². The number of thiophene rings is 1. The first-order chi connectivity index (χ1) is 16.3. The molecule has 1 amide bonds. The lowest BCUT2D eigenvalue weighted by atomic mass is 9.96. The highest BCUT2D eigenvalue weighted by molar-refractivity contribution is 7.16. The van der Waals surface area contributed by atoms with Gasteiger partial charge in [0.25, 0.3) is 11.6 Å². The number of aliphatic imine (C=N–C) groups is 1. The summed E-state index contributed by atoms with van der Waals surface area (Å²) < 4.78 is 0. The van der Waals surface area contributed by atoms with Crippen molar-refractivity contribution in [2.24, 2.45) is 4.99 Å². The van der Waals surface area contributed by atoms with Crippen LogP contribution in [-0.4, -0.2) is 22.2 Å². The van der Waals surface area contributed by atoms with E-state index < -0.39 is 4.92 Å². The van der Waals surface area contributed by atoms with Crippen molar-refractivity contribution in [3.63, 3.8) is 0 Å². The second kappa shape index (κ2) is 10.2. The van der Waals surface area contributed by atoms with E-state index in [0.29, 0.717) is 10.6 Å². The molecular weight excluding hydrogens is 450 g/mol. The highest BCUT2D eigenvalue weighted by atomic mass is 32.1. The summed E-state index contributed by atoms with van der Waals surface area (Å²) in [5.74, 6) is -0.316. The van der Waals surface area contributed by atoms with Gasteiger partial charge < -0.3 is 10.4 Å². The number of hydrogen-bond acceptors (Lipinski definition) is 6. The predicted octanol–water partition coefficient (Wildman–Crippen LogP) is 6.64. The first kappa shape index (κ1) is 23.6. The maximum absolute atomic E-state index is 13.5. The number of nitrogens with zero attached hydrogens (tertiary/aromatic N) is 2. The van der Waals surface area contributed by atoms with Gasteiger partial charge in [-0.2, -0.15) is 0 Å². The van der Waals surface area contributed by atoms with Crippen molar-refractivity contribution in [2.75, 3.05) is 5.32 Å². The maximum Gasteiger partial charge on any atom is 0.270 e. The fourth-order valence-electron chi connectivity index (χ4n) is 4.36. The molecule has 0 unspecified atom stereocenters. The smallest absolute Gasteiger partial charge is 0.270 e. The molecule has 0 radical (unpaired) electrons. The Labute approximate surface area is 202 Å². The number of aryl methyl sites for hydroxylation is 3. The van der Waals surface area contributed by atoms with E-state index in [4.69, 9.17) is 0 Å². The number of nitro benzene ring substituents is 1. The summed E-state index contributed by atoms with van der Waals surface area (Å²) in [7, 11) is 0. The Morgan fingerprint density at radius 3 is 2.50 bits per heavy atom. The molecule has 0 atom stereocenters. The zero-order chi connectivity index (χ0) is 24.2. The Morgan fingerprint density at radius 2 is 1.79 bits per heavy atom. The number of anilines is 1. The van der Waals surface area contributed by atoms with Crippen LogP contribution in [0.2, 0.25) is 0 Å². The number of aromatic hydroxyl groups is 1. The molecule has 1 aliphatic rings. The molecule has 1 heterocycles. The molecule has 8 heteroatoms. The number of phenols is 1. The molecule has 0 spiro atoms. The monoisotopic (exact) mass is 477 g/mol. The van der Waals surface area contributed by atoms with E-state index >= 15 is 0 Å². The second-order valence-electron chi connectivity index (χ2n) is 8.69. The van der Waals surface area contributed by atoms with E-state index in [0.717, 1.165) is 54.5 Å². The number of fused-ring (bicyclic) bond motifs is 1. The number of rotatable bonds is 5. The molecule has 0 saturated heterocycles. The maximum atomic E-state index is 13.5. The van der Waals surface area contributed by atoms with Crippen LogP contribution in [0.5, 0.6) is 5.75 Å². The van der Waals surface area contributed by atoms with Gasteiger partial charge in [-0.15, -0.1) is 11.3 Å². The molecular formula is C26H27N3O4S. The Morgan fingerprint density at radius 1 is 1.09 bits per heavy atom. The average Bonchev–Trinajstić information content (AvgIpc) is 3.08. The Hall–Kier alpha value is -3.52. The highest BCUT2D eigenvalue weighted by Crippen LogP contribution is 2.39. The van der Waals surface area contributed by atoms with Crippen LogP contribution < -0.4 is 5.32 Å². The van der Waals surface area contributed by atoms with E-state index in [1.54, 1.807) is 0 Å². The van der Waals surface area contributed by atoms with E-state index in [-0.39, 0.29) is 22.9 Å². The molecule has 7 nitrogen and oxygen atoms in total. The van der Waals surface area contributed by atoms with Crippen LogP contribution in [0.25, 0.3) is 0 Å². The van der Waals surface area contributed by atoms with Gasteiger partial charge in [0.2, 0.25) is 0 Å². The number of carbonyl (C=O) groups excluding carboxylic acids is 1. The Bertz CT molecular complexity index is 1260.